The lowest BCUT2D eigenvalue weighted by Gasteiger charge is -2.36. The molecule has 0 aromatic heterocycles. The lowest BCUT2D eigenvalue weighted by atomic mass is 10.0. The molecule has 1 saturated heterocycles. The van der Waals surface area contributed by atoms with E-state index in [0.717, 1.165) is 16.8 Å². The third-order valence-electron chi connectivity index (χ3n) is 6.73. The minimum atomic E-state index is -0.120. The zero-order valence-electron chi connectivity index (χ0n) is 18.6. The molecule has 0 unspecified atom stereocenters. The molecule has 1 aromatic carbocycles. The topological polar surface area (TPSA) is 73.3 Å². The lowest BCUT2D eigenvalue weighted by molar-refractivity contribution is -0.137. The van der Waals surface area contributed by atoms with Gasteiger partial charge in [0.1, 0.15) is 5.71 Å². The van der Waals surface area contributed by atoms with Gasteiger partial charge in [-0.25, -0.2) is 5.01 Å². The third-order valence-corrected chi connectivity index (χ3v) is 6.73. The van der Waals surface area contributed by atoms with Crippen LogP contribution in [0.3, 0.4) is 0 Å². The van der Waals surface area contributed by atoms with Gasteiger partial charge in [0.15, 0.2) is 0 Å². The van der Waals surface area contributed by atoms with Gasteiger partial charge in [-0.2, -0.15) is 5.10 Å². The number of anilines is 1. The summed E-state index contributed by atoms with van der Waals surface area (Å²) >= 11 is 0. The molecule has 1 aliphatic carbocycles. The highest BCUT2D eigenvalue weighted by Gasteiger charge is 2.32. The van der Waals surface area contributed by atoms with Crippen molar-refractivity contribution < 1.29 is 14.4 Å². The summed E-state index contributed by atoms with van der Waals surface area (Å²) in [5.41, 5.74) is 3.15. The molecule has 0 N–H and O–H groups in total. The van der Waals surface area contributed by atoms with Crippen LogP contribution in [-0.2, 0) is 14.4 Å². The minimum Gasteiger partial charge on any atom is -0.339 e. The van der Waals surface area contributed by atoms with E-state index in [9.17, 15) is 14.4 Å². The second kappa shape index (κ2) is 9.20. The van der Waals surface area contributed by atoms with Crippen LogP contribution >= 0.6 is 0 Å². The number of piperazine rings is 1. The summed E-state index contributed by atoms with van der Waals surface area (Å²) in [6.07, 6.45) is 6.10. The van der Waals surface area contributed by atoms with Crippen LogP contribution in [0.25, 0.3) is 0 Å². The van der Waals surface area contributed by atoms with Gasteiger partial charge < -0.3 is 9.80 Å². The Hall–Kier alpha value is -2.70. The largest absolute Gasteiger partial charge is 0.339 e. The van der Waals surface area contributed by atoms with Crippen molar-refractivity contribution in [2.75, 3.05) is 31.2 Å². The quantitative estimate of drug-likeness (QED) is 0.746. The zero-order chi connectivity index (χ0) is 22.0. The fourth-order valence-corrected chi connectivity index (χ4v) is 4.78. The van der Waals surface area contributed by atoms with Crippen LogP contribution < -0.4 is 5.01 Å². The van der Waals surface area contributed by atoms with Gasteiger partial charge in [-0.15, -0.1) is 0 Å². The Morgan fingerprint density at radius 2 is 1.68 bits per heavy atom. The van der Waals surface area contributed by atoms with Gasteiger partial charge in [0.25, 0.3) is 5.91 Å². The van der Waals surface area contributed by atoms with E-state index in [0.29, 0.717) is 50.7 Å². The van der Waals surface area contributed by atoms with E-state index in [2.05, 4.69) is 5.10 Å². The molecular formula is C24H32N4O3. The molecule has 0 radical (unpaired) electrons. The first-order valence-corrected chi connectivity index (χ1v) is 11.5. The summed E-state index contributed by atoms with van der Waals surface area (Å²) < 4.78 is 0. The smallest absolute Gasteiger partial charge is 0.270 e. The monoisotopic (exact) mass is 424 g/mol. The molecule has 2 fully saturated rings. The van der Waals surface area contributed by atoms with Crippen molar-refractivity contribution >= 4 is 29.1 Å². The summed E-state index contributed by atoms with van der Waals surface area (Å²) in [4.78, 5) is 41.9. The van der Waals surface area contributed by atoms with E-state index in [4.69, 9.17) is 0 Å². The second-order valence-electron chi connectivity index (χ2n) is 9.07. The number of carbonyl (C=O) groups is 3. The molecule has 0 atom stereocenters. The predicted octanol–water partition coefficient (Wildman–Crippen LogP) is 3.04. The van der Waals surface area contributed by atoms with Crippen molar-refractivity contribution in [3.8, 4) is 0 Å². The molecule has 7 nitrogen and oxygen atoms in total. The number of hydrogen-bond acceptors (Lipinski definition) is 4. The number of hydrazone groups is 1. The van der Waals surface area contributed by atoms with Gasteiger partial charge in [-0.05, 0) is 49.8 Å². The third kappa shape index (κ3) is 4.81. The fraction of sp³-hybridized carbons (Fsp3) is 0.583. The number of amides is 3. The van der Waals surface area contributed by atoms with Crippen LogP contribution in [0.4, 0.5) is 5.69 Å². The average Bonchev–Trinajstić information content (AvgIpc) is 3.28. The lowest BCUT2D eigenvalue weighted by Crippen LogP contribution is -2.53. The number of rotatable bonds is 4. The molecule has 4 rings (SSSR count). The van der Waals surface area contributed by atoms with Crippen LogP contribution in [0.1, 0.15) is 56.1 Å². The van der Waals surface area contributed by atoms with Crippen LogP contribution in [-0.4, -0.2) is 59.4 Å². The van der Waals surface area contributed by atoms with Crippen molar-refractivity contribution in [2.24, 2.45) is 11.0 Å². The van der Waals surface area contributed by atoms with Crippen LogP contribution in [0.15, 0.2) is 23.3 Å². The highest BCUT2D eigenvalue weighted by atomic mass is 16.2. The Morgan fingerprint density at radius 1 is 1.00 bits per heavy atom. The average molecular weight is 425 g/mol. The Morgan fingerprint density at radius 3 is 2.39 bits per heavy atom. The molecule has 2 heterocycles. The molecular weight excluding hydrogens is 392 g/mol. The summed E-state index contributed by atoms with van der Waals surface area (Å²) in [7, 11) is 0. The van der Waals surface area contributed by atoms with Gasteiger partial charge >= 0.3 is 0 Å². The fourth-order valence-electron chi connectivity index (χ4n) is 4.78. The maximum Gasteiger partial charge on any atom is 0.270 e. The van der Waals surface area contributed by atoms with E-state index in [-0.39, 0.29) is 24.1 Å². The SMILES string of the molecule is Cc1ccc(C)c(N2N=C(C(=O)N3CCN(C(=O)CC4CCCC4)CC3)CCC2=O)c1. The van der Waals surface area contributed by atoms with Gasteiger partial charge in [0.2, 0.25) is 11.8 Å². The van der Waals surface area contributed by atoms with E-state index in [1.54, 1.807) is 4.90 Å². The van der Waals surface area contributed by atoms with E-state index in [1.165, 1.54) is 30.7 Å². The summed E-state index contributed by atoms with van der Waals surface area (Å²) in [6, 6.07) is 5.89. The molecule has 2 aliphatic heterocycles. The first-order chi connectivity index (χ1) is 14.9. The van der Waals surface area contributed by atoms with Crippen molar-refractivity contribution in [1.29, 1.82) is 0 Å². The van der Waals surface area contributed by atoms with Crippen LogP contribution in [0, 0.1) is 19.8 Å². The highest BCUT2D eigenvalue weighted by Crippen LogP contribution is 2.28. The number of hydrogen-bond donors (Lipinski definition) is 0. The zero-order valence-corrected chi connectivity index (χ0v) is 18.6. The maximum atomic E-state index is 13.1. The standard InChI is InChI=1S/C24H32N4O3/c1-17-7-8-18(2)21(15-17)28-22(29)10-9-20(25-28)24(31)27-13-11-26(12-14-27)23(30)16-19-5-3-4-6-19/h7-8,15,19H,3-6,9-14,16H2,1-2H3. The minimum absolute atomic E-state index is 0.0902. The van der Waals surface area contributed by atoms with Gasteiger partial charge in [-0.3, -0.25) is 14.4 Å². The summed E-state index contributed by atoms with van der Waals surface area (Å²) in [5, 5.41) is 5.85. The van der Waals surface area contributed by atoms with Crippen molar-refractivity contribution in [3.63, 3.8) is 0 Å². The predicted molar refractivity (Wildman–Crippen MR) is 120 cm³/mol. The van der Waals surface area contributed by atoms with Crippen molar-refractivity contribution in [3.05, 3.63) is 29.3 Å². The number of benzene rings is 1. The summed E-state index contributed by atoms with van der Waals surface area (Å²) in [5.74, 6) is 0.552. The van der Waals surface area contributed by atoms with Gasteiger partial charge in [0, 0.05) is 45.4 Å². The Bertz CT molecular complexity index is 896. The Balaban J connectivity index is 1.39. The maximum absolute atomic E-state index is 13.1. The molecule has 166 valence electrons. The molecule has 3 aliphatic rings. The van der Waals surface area contributed by atoms with E-state index in [1.807, 2.05) is 36.9 Å². The second-order valence-corrected chi connectivity index (χ2v) is 9.07. The van der Waals surface area contributed by atoms with E-state index >= 15 is 0 Å². The molecule has 3 amide bonds. The highest BCUT2D eigenvalue weighted by molar-refractivity contribution is 6.40. The van der Waals surface area contributed by atoms with E-state index < -0.39 is 0 Å². The normalized spacial score (nSPS) is 20.3. The summed E-state index contributed by atoms with van der Waals surface area (Å²) in [6.45, 7) is 6.10. The number of carbonyl (C=O) groups excluding carboxylic acids is 3. The first-order valence-electron chi connectivity index (χ1n) is 11.5. The molecule has 31 heavy (non-hydrogen) atoms. The van der Waals surface area contributed by atoms with Crippen molar-refractivity contribution in [2.45, 2.75) is 58.8 Å². The molecule has 1 saturated carbocycles. The molecule has 7 heteroatoms. The van der Waals surface area contributed by atoms with Crippen molar-refractivity contribution in [1.82, 2.24) is 9.80 Å². The Kier molecular flexibility index (Phi) is 6.39. The first kappa shape index (κ1) is 21.5. The van der Waals surface area contributed by atoms with Crippen LogP contribution in [0.2, 0.25) is 0 Å². The molecule has 0 spiro atoms. The van der Waals surface area contributed by atoms with Gasteiger partial charge in [-0.1, -0.05) is 25.0 Å². The number of nitrogens with zero attached hydrogens (tertiary/aromatic N) is 4. The number of aryl methyl sites for hydroxylation is 2. The molecule has 0 bridgehead atoms. The van der Waals surface area contributed by atoms with Gasteiger partial charge in [0.05, 0.1) is 5.69 Å². The Labute approximate surface area is 184 Å². The molecule has 1 aromatic rings. The van der Waals surface area contributed by atoms with Crippen LogP contribution in [0.5, 0.6) is 0 Å².